The molecule has 0 aliphatic carbocycles. The molecule has 0 aromatic heterocycles. The van der Waals surface area contributed by atoms with E-state index >= 15 is 0 Å². The van der Waals surface area contributed by atoms with Crippen LogP contribution in [0.25, 0.3) is 0 Å². The first-order chi connectivity index (χ1) is 13.4. The van der Waals surface area contributed by atoms with E-state index in [1.54, 1.807) is 12.0 Å². The molecule has 0 saturated carbocycles. The predicted octanol–water partition coefficient (Wildman–Crippen LogP) is 2.60. The van der Waals surface area contributed by atoms with Crippen LogP contribution >= 0.6 is 0 Å². The Morgan fingerprint density at radius 1 is 1.07 bits per heavy atom. The summed E-state index contributed by atoms with van der Waals surface area (Å²) < 4.78 is 34.7. The number of hydrogen-bond donors (Lipinski definition) is 0. The van der Waals surface area contributed by atoms with Crippen molar-refractivity contribution < 1.29 is 22.7 Å². The number of nitrogens with zero attached hydrogens (tertiary/aromatic N) is 1. The molecule has 2 aromatic carbocycles. The number of methoxy groups -OCH3 is 1. The van der Waals surface area contributed by atoms with Crippen LogP contribution < -0.4 is 9.47 Å². The lowest BCUT2D eigenvalue weighted by atomic mass is 10.1. The van der Waals surface area contributed by atoms with Gasteiger partial charge in [0.1, 0.15) is 11.5 Å². The molecule has 1 heterocycles. The molecule has 0 radical (unpaired) electrons. The molecule has 6 nitrogen and oxygen atoms in total. The van der Waals surface area contributed by atoms with Crippen molar-refractivity contribution in [2.24, 2.45) is 0 Å². The lowest BCUT2D eigenvalue weighted by Crippen LogP contribution is -2.43. The summed E-state index contributed by atoms with van der Waals surface area (Å²) in [7, 11) is -1.51. The number of sulfone groups is 1. The van der Waals surface area contributed by atoms with Crippen LogP contribution in [-0.4, -0.2) is 50.5 Å². The van der Waals surface area contributed by atoms with Gasteiger partial charge in [-0.05, 0) is 43.2 Å². The normalized spacial score (nSPS) is 17.9. The van der Waals surface area contributed by atoms with Gasteiger partial charge in [0.15, 0.2) is 16.4 Å². The molecule has 1 atom stereocenters. The van der Waals surface area contributed by atoms with Crippen molar-refractivity contribution in [1.82, 2.24) is 4.90 Å². The molecule has 1 fully saturated rings. The highest BCUT2D eigenvalue weighted by Crippen LogP contribution is 2.22. The highest BCUT2D eigenvalue weighted by atomic mass is 32.2. The Morgan fingerprint density at radius 2 is 1.71 bits per heavy atom. The van der Waals surface area contributed by atoms with Crippen LogP contribution in [-0.2, 0) is 21.2 Å². The Hall–Kier alpha value is -2.54. The van der Waals surface area contributed by atoms with Gasteiger partial charge in [-0.2, -0.15) is 0 Å². The minimum Gasteiger partial charge on any atom is -0.497 e. The van der Waals surface area contributed by atoms with Crippen molar-refractivity contribution in [1.29, 1.82) is 0 Å². The fourth-order valence-electron chi connectivity index (χ4n) is 3.23. The highest BCUT2D eigenvalue weighted by molar-refractivity contribution is 7.91. The maximum Gasteiger partial charge on any atom is 0.261 e. The van der Waals surface area contributed by atoms with E-state index in [0.29, 0.717) is 18.7 Å². The average molecular weight is 404 g/mol. The predicted molar refractivity (Wildman–Crippen MR) is 107 cm³/mol. The first-order valence-electron chi connectivity index (χ1n) is 9.18. The molecule has 150 valence electrons. The zero-order chi connectivity index (χ0) is 20.1. The van der Waals surface area contributed by atoms with Gasteiger partial charge in [0.05, 0.1) is 18.6 Å². The molecule has 2 aromatic rings. The molecule has 0 spiro atoms. The Labute approximate surface area is 166 Å². The van der Waals surface area contributed by atoms with Gasteiger partial charge in [-0.3, -0.25) is 4.79 Å². The number of amides is 1. The van der Waals surface area contributed by atoms with Gasteiger partial charge in [0.25, 0.3) is 5.91 Å². The van der Waals surface area contributed by atoms with E-state index in [4.69, 9.17) is 9.47 Å². The number of ether oxygens (including phenoxy) is 2. The average Bonchev–Trinajstić information content (AvgIpc) is 3.05. The number of carbonyl (C=O) groups is 1. The zero-order valence-electron chi connectivity index (χ0n) is 16.1. The van der Waals surface area contributed by atoms with Gasteiger partial charge in [0.2, 0.25) is 0 Å². The van der Waals surface area contributed by atoms with Gasteiger partial charge < -0.3 is 14.4 Å². The maximum absolute atomic E-state index is 12.9. The summed E-state index contributed by atoms with van der Waals surface area (Å²) >= 11 is 0. The Kier molecular flexibility index (Phi) is 6.24. The standard InChI is InChI=1S/C21H25NO5S/c1-16-3-7-20(8-4-16)27-14-21(23)22(18-11-12-28(24,25)15-18)13-17-5-9-19(26-2)10-6-17/h3-10,18H,11-15H2,1-2H3. The van der Waals surface area contributed by atoms with Crippen LogP contribution in [0, 0.1) is 6.92 Å². The fourth-order valence-corrected chi connectivity index (χ4v) is 4.96. The zero-order valence-corrected chi connectivity index (χ0v) is 16.9. The van der Waals surface area contributed by atoms with Crippen LogP contribution in [0.2, 0.25) is 0 Å². The second-order valence-electron chi connectivity index (χ2n) is 7.03. The van der Waals surface area contributed by atoms with E-state index < -0.39 is 9.84 Å². The van der Waals surface area contributed by atoms with E-state index in [0.717, 1.165) is 16.9 Å². The molecule has 7 heteroatoms. The summed E-state index contributed by atoms with van der Waals surface area (Å²) in [6.07, 6.45) is 0.453. The quantitative estimate of drug-likeness (QED) is 0.711. The van der Waals surface area contributed by atoms with E-state index in [2.05, 4.69) is 0 Å². The largest absolute Gasteiger partial charge is 0.497 e. The maximum atomic E-state index is 12.9. The van der Waals surface area contributed by atoms with Crippen LogP contribution in [0.3, 0.4) is 0 Å². The van der Waals surface area contributed by atoms with Crippen LogP contribution in [0.15, 0.2) is 48.5 Å². The number of rotatable bonds is 7. The van der Waals surface area contributed by atoms with Crippen LogP contribution in [0.1, 0.15) is 17.5 Å². The summed E-state index contributed by atoms with van der Waals surface area (Å²) in [5.41, 5.74) is 2.02. The van der Waals surface area contributed by atoms with Gasteiger partial charge in [-0.25, -0.2) is 8.42 Å². The lowest BCUT2D eigenvalue weighted by molar-refractivity contribution is -0.136. The SMILES string of the molecule is COc1ccc(CN(C(=O)COc2ccc(C)cc2)C2CCS(=O)(=O)C2)cc1. The van der Waals surface area contributed by atoms with Crippen molar-refractivity contribution in [3.8, 4) is 11.5 Å². The van der Waals surface area contributed by atoms with Crippen LogP contribution in [0.4, 0.5) is 0 Å². The molecule has 1 unspecified atom stereocenters. The topological polar surface area (TPSA) is 72.9 Å². The van der Waals surface area contributed by atoms with E-state index in [-0.39, 0.29) is 30.1 Å². The molecule has 1 aliphatic rings. The third kappa shape index (κ3) is 5.25. The molecule has 1 amide bonds. The third-order valence-corrected chi connectivity index (χ3v) is 6.62. The number of benzene rings is 2. The summed E-state index contributed by atoms with van der Waals surface area (Å²) in [5, 5.41) is 0. The molecule has 0 N–H and O–H groups in total. The second-order valence-corrected chi connectivity index (χ2v) is 9.26. The Balaban J connectivity index is 1.72. The van der Waals surface area contributed by atoms with Gasteiger partial charge in [-0.15, -0.1) is 0 Å². The Bertz CT molecular complexity index is 907. The molecular formula is C21H25NO5S. The summed E-state index contributed by atoms with van der Waals surface area (Å²) in [6, 6.07) is 14.5. The first kappa shape index (κ1) is 20.2. The van der Waals surface area contributed by atoms with Crippen molar-refractivity contribution in [3.05, 3.63) is 59.7 Å². The minimum absolute atomic E-state index is 0.000569. The molecule has 0 bridgehead atoms. The van der Waals surface area contributed by atoms with Crippen molar-refractivity contribution in [2.75, 3.05) is 25.2 Å². The van der Waals surface area contributed by atoms with Gasteiger partial charge >= 0.3 is 0 Å². The molecule has 3 rings (SSSR count). The minimum atomic E-state index is -3.10. The first-order valence-corrected chi connectivity index (χ1v) is 11.0. The van der Waals surface area contributed by atoms with Crippen LogP contribution in [0.5, 0.6) is 11.5 Å². The summed E-state index contributed by atoms with van der Waals surface area (Å²) in [6.45, 7) is 2.18. The van der Waals surface area contributed by atoms with Crippen molar-refractivity contribution in [2.45, 2.75) is 25.9 Å². The molecule has 28 heavy (non-hydrogen) atoms. The van der Waals surface area contributed by atoms with Crippen molar-refractivity contribution >= 4 is 15.7 Å². The highest BCUT2D eigenvalue weighted by Gasteiger charge is 2.34. The Morgan fingerprint density at radius 3 is 2.29 bits per heavy atom. The van der Waals surface area contributed by atoms with Gasteiger partial charge in [-0.1, -0.05) is 29.8 Å². The summed E-state index contributed by atoms with van der Waals surface area (Å²) in [4.78, 5) is 14.5. The second kappa shape index (κ2) is 8.65. The fraction of sp³-hybridized carbons (Fsp3) is 0.381. The van der Waals surface area contributed by atoms with E-state index in [9.17, 15) is 13.2 Å². The van der Waals surface area contributed by atoms with Crippen molar-refractivity contribution in [3.63, 3.8) is 0 Å². The van der Waals surface area contributed by atoms with E-state index in [1.807, 2.05) is 55.5 Å². The molecular weight excluding hydrogens is 378 g/mol. The monoisotopic (exact) mass is 403 g/mol. The summed E-state index contributed by atoms with van der Waals surface area (Å²) in [5.74, 6) is 1.23. The lowest BCUT2D eigenvalue weighted by Gasteiger charge is -2.28. The smallest absolute Gasteiger partial charge is 0.261 e. The third-order valence-electron chi connectivity index (χ3n) is 4.86. The number of aryl methyl sites for hydroxylation is 1. The molecule has 1 aliphatic heterocycles. The molecule has 1 saturated heterocycles. The van der Waals surface area contributed by atoms with Gasteiger partial charge in [0, 0.05) is 12.6 Å². The number of hydrogen-bond acceptors (Lipinski definition) is 5. The number of carbonyl (C=O) groups excluding carboxylic acids is 1. The van der Waals surface area contributed by atoms with E-state index in [1.165, 1.54) is 0 Å².